The predicted molar refractivity (Wildman–Crippen MR) is 85.2 cm³/mol. The fourth-order valence-electron chi connectivity index (χ4n) is 3.10. The first kappa shape index (κ1) is 14.1. The van der Waals surface area contributed by atoms with Gasteiger partial charge in [0.1, 0.15) is 5.82 Å². The number of rotatable bonds is 4. The number of likely N-dealkylation sites (N-methyl/N-ethyl adjacent to an activating group) is 1. The lowest BCUT2D eigenvalue weighted by Crippen LogP contribution is -2.36. The molecule has 2 aromatic rings. The summed E-state index contributed by atoms with van der Waals surface area (Å²) >= 11 is 0. The fraction of sp³-hybridized carbons (Fsp3) is 0.333. The predicted octanol–water partition coefficient (Wildman–Crippen LogP) is 3.54. The molecule has 0 radical (unpaired) electrons. The number of fused-ring (bicyclic) bond motifs is 1. The molecule has 1 atom stereocenters. The molecule has 0 fully saturated rings. The summed E-state index contributed by atoms with van der Waals surface area (Å²) in [4.78, 5) is 2.25. The third kappa shape index (κ3) is 3.08. The van der Waals surface area contributed by atoms with Crippen LogP contribution in [0.4, 0.5) is 10.1 Å². The van der Waals surface area contributed by atoms with E-state index in [9.17, 15) is 4.39 Å². The molecule has 1 unspecified atom stereocenters. The van der Waals surface area contributed by atoms with Crippen LogP contribution in [0.5, 0.6) is 0 Å². The summed E-state index contributed by atoms with van der Waals surface area (Å²) in [7, 11) is 0. The molecular formula is C18H21FN2. The number of hydrogen-bond donors (Lipinski definition) is 1. The van der Waals surface area contributed by atoms with Gasteiger partial charge in [-0.2, -0.15) is 0 Å². The molecular weight excluding hydrogens is 263 g/mol. The molecule has 0 aromatic heterocycles. The minimum Gasteiger partial charge on any atom is -0.371 e. The SMILES string of the molecule is CCN(CC1CNCc2ccccc21)c1cccc(F)c1. The highest BCUT2D eigenvalue weighted by Crippen LogP contribution is 2.26. The van der Waals surface area contributed by atoms with E-state index in [1.54, 1.807) is 12.1 Å². The zero-order valence-electron chi connectivity index (χ0n) is 12.3. The number of anilines is 1. The van der Waals surface area contributed by atoms with E-state index < -0.39 is 0 Å². The zero-order chi connectivity index (χ0) is 14.7. The van der Waals surface area contributed by atoms with Crippen LogP contribution >= 0.6 is 0 Å². The van der Waals surface area contributed by atoms with Crippen molar-refractivity contribution in [3.05, 3.63) is 65.5 Å². The summed E-state index contributed by atoms with van der Waals surface area (Å²) in [5.41, 5.74) is 3.76. The van der Waals surface area contributed by atoms with E-state index >= 15 is 0 Å². The van der Waals surface area contributed by atoms with Crippen LogP contribution in [-0.4, -0.2) is 19.6 Å². The summed E-state index contributed by atoms with van der Waals surface area (Å²) < 4.78 is 13.4. The number of hydrogen-bond acceptors (Lipinski definition) is 2. The number of nitrogens with zero attached hydrogens (tertiary/aromatic N) is 1. The van der Waals surface area contributed by atoms with Crippen LogP contribution in [0.1, 0.15) is 24.0 Å². The van der Waals surface area contributed by atoms with Gasteiger partial charge in [-0.25, -0.2) is 4.39 Å². The third-order valence-corrected chi connectivity index (χ3v) is 4.20. The van der Waals surface area contributed by atoms with Crippen LogP contribution < -0.4 is 10.2 Å². The molecule has 0 saturated heterocycles. The number of benzene rings is 2. The minimum absolute atomic E-state index is 0.173. The van der Waals surface area contributed by atoms with Crippen LogP contribution in [0.3, 0.4) is 0 Å². The van der Waals surface area contributed by atoms with Gasteiger partial charge in [-0.1, -0.05) is 30.3 Å². The topological polar surface area (TPSA) is 15.3 Å². The standard InChI is InChI=1S/C18H21FN2/c1-2-21(17-8-5-7-16(19)10-17)13-15-12-20-11-14-6-3-4-9-18(14)15/h3-10,15,20H,2,11-13H2,1H3. The van der Waals surface area contributed by atoms with Gasteiger partial charge in [0.15, 0.2) is 0 Å². The zero-order valence-corrected chi connectivity index (χ0v) is 12.3. The quantitative estimate of drug-likeness (QED) is 0.924. The Morgan fingerprint density at radius 2 is 2.05 bits per heavy atom. The second-order valence-electron chi connectivity index (χ2n) is 5.55. The maximum Gasteiger partial charge on any atom is 0.125 e. The first-order chi connectivity index (χ1) is 10.3. The Labute approximate surface area is 125 Å². The van der Waals surface area contributed by atoms with Gasteiger partial charge in [0, 0.05) is 37.8 Å². The summed E-state index contributed by atoms with van der Waals surface area (Å²) in [6.07, 6.45) is 0. The van der Waals surface area contributed by atoms with Crippen LogP contribution in [0.2, 0.25) is 0 Å². The lowest BCUT2D eigenvalue weighted by molar-refractivity contribution is 0.533. The van der Waals surface area contributed by atoms with Crippen molar-refractivity contribution in [1.82, 2.24) is 5.32 Å². The van der Waals surface area contributed by atoms with Gasteiger partial charge < -0.3 is 10.2 Å². The molecule has 2 aromatic carbocycles. The second kappa shape index (κ2) is 6.27. The van der Waals surface area contributed by atoms with E-state index in [1.165, 1.54) is 17.2 Å². The van der Waals surface area contributed by atoms with E-state index in [1.807, 2.05) is 6.07 Å². The molecule has 1 aliphatic heterocycles. The van der Waals surface area contributed by atoms with Crippen LogP contribution in [0, 0.1) is 5.82 Å². The van der Waals surface area contributed by atoms with Crippen molar-refractivity contribution < 1.29 is 4.39 Å². The van der Waals surface area contributed by atoms with Crippen molar-refractivity contribution in [2.75, 3.05) is 24.5 Å². The van der Waals surface area contributed by atoms with Crippen molar-refractivity contribution in [1.29, 1.82) is 0 Å². The molecule has 0 spiro atoms. The molecule has 0 amide bonds. The highest BCUT2D eigenvalue weighted by Gasteiger charge is 2.21. The maximum atomic E-state index is 13.4. The Bertz CT molecular complexity index is 612. The molecule has 3 rings (SSSR count). The van der Waals surface area contributed by atoms with Gasteiger partial charge in [0.2, 0.25) is 0 Å². The molecule has 1 heterocycles. The average Bonchev–Trinajstić information content (AvgIpc) is 2.52. The summed E-state index contributed by atoms with van der Waals surface area (Å²) in [6.45, 7) is 5.82. The molecule has 0 bridgehead atoms. The van der Waals surface area contributed by atoms with Crippen LogP contribution in [0.15, 0.2) is 48.5 Å². The Morgan fingerprint density at radius 3 is 2.86 bits per heavy atom. The molecule has 0 saturated carbocycles. The maximum absolute atomic E-state index is 13.4. The monoisotopic (exact) mass is 284 g/mol. The first-order valence-electron chi connectivity index (χ1n) is 7.57. The van der Waals surface area contributed by atoms with Gasteiger partial charge in [0.05, 0.1) is 0 Å². The first-order valence-corrected chi connectivity index (χ1v) is 7.57. The van der Waals surface area contributed by atoms with Gasteiger partial charge in [-0.15, -0.1) is 0 Å². The lowest BCUT2D eigenvalue weighted by Gasteiger charge is -2.32. The van der Waals surface area contributed by atoms with Crippen molar-refractivity contribution in [2.45, 2.75) is 19.4 Å². The molecule has 1 N–H and O–H groups in total. The molecule has 21 heavy (non-hydrogen) atoms. The average molecular weight is 284 g/mol. The van der Waals surface area contributed by atoms with Crippen molar-refractivity contribution >= 4 is 5.69 Å². The number of halogens is 1. The molecule has 3 heteroatoms. The van der Waals surface area contributed by atoms with Crippen molar-refractivity contribution in [2.24, 2.45) is 0 Å². The van der Waals surface area contributed by atoms with E-state index in [-0.39, 0.29) is 5.82 Å². The molecule has 1 aliphatic rings. The third-order valence-electron chi connectivity index (χ3n) is 4.20. The normalized spacial score (nSPS) is 17.3. The highest BCUT2D eigenvalue weighted by molar-refractivity contribution is 5.47. The Balaban J connectivity index is 1.82. The van der Waals surface area contributed by atoms with Gasteiger partial charge >= 0.3 is 0 Å². The molecule has 2 nitrogen and oxygen atoms in total. The molecule has 0 aliphatic carbocycles. The van der Waals surface area contributed by atoms with E-state index in [2.05, 4.69) is 41.4 Å². The Morgan fingerprint density at radius 1 is 1.19 bits per heavy atom. The van der Waals surface area contributed by atoms with Crippen molar-refractivity contribution in [3.63, 3.8) is 0 Å². The lowest BCUT2D eigenvalue weighted by atomic mass is 9.90. The summed E-state index contributed by atoms with van der Waals surface area (Å²) in [5, 5.41) is 3.48. The largest absolute Gasteiger partial charge is 0.371 e. The van der Waals surface area contributed by atoms with Gasteiger partial charge in [-0.05, 0) is 36.2 Å². The van der Waals surface area contributed by atoms with Crippen LogP contribution in [0.25, 0.3) is 0 Å². The van der Waals surface area contributed by atoms with E-state index in [0.29, 0.717) is 5.92 Å². The second-order valence-corrected chi connectivity index (χ2v) is 5.55. The minimum atomic E-state index is -0.173. The Kier molecular flexibility index (Phi) is 4.20. The van der Waals surface area contributed by atoms with E-state index in [0.717, 1.165) is 31.9 Å². The molecule has 110 valence electrons. The smallest absolute Gasteiger partial charge is 0.125 e. The van der Waals surface area contributed by atoms with Gasteiger partial charge in [0.25, 0.3) is 0 Å². The van der Waals surface area contributed by atoms with E-state index in [4.69, 9.17) is 0 Å². The Hall–Kier alpha value is -1.87. The summed E-state index contributed by atoms with van der Waals surface area (Å²) in [5.74, 6) is 0.270. The van der Waals surface area contributed by atoms with Crippen molar-refractivity contribution in [3.8, 4) is 0 Å². The fourth-order valence-corrected chi connectivity index (χ4v) is 3.10. The highest BCUT2D eigenvalue weighted by atomic mass is 19.1. The summed E-state index contributed by atoms with van der Waals surface area (Å²) in [6, 6.07) is 15.5. The van der Waals surface area contributed by atoms with Gasteiger partial charge in [-0.3, -0.25) is 0 Å². The van der Waals surface area contributed by atoms with Crippen LogP contribution in [-0.2, 0) is 6.54 Å². The number of nitrogens with one attached hydrogen (secondary N) is 1.